The van der Waals surface area contributed by atoms with Crippen LogP contribution in [0, 0.1) is 0 Å². The fourth-order valence-electron chi connectivity index (χ4n) is 1.84. The molecule has 0 aliphatic heterocycles. The normalized spacial score (nSPS) is 11.3. The molecular weight excluding hydrogens is 240 g/mol. The average molecular weight is 258 g/mol. The zero-order chi connectivity index (χ0) is 13.7. The highest BCUT2D eigenvalue weighted by Crippen LogP contribution is 2.22. The molecule has 3 heteroatoms. The number of hydrogen-bond acceptors (Lipinski definition) is 3. The number of hydrogen-bond donors (Lipinski definition) is 0. The highest BCUT2D eigenvalue weighted by Gasteiger charge is 2.12. The highest BCUT2D eigenvalue weighted by molar-refractivity contribution is 5.93. The summed E-state index contributed by atoms with van der Waals surface area (Å²) in [5, 5.41) is 0.913. The maximum Gasteiger partial charge on any atom is 0.374 e. The van der Waals surface area contributed by atoms with Gasteiger partial charge in [0.15, 0.2) is 0 Å². The maximum absolute atomic E-state index is 11.6. The van der Waals surface area contributed by atoms with E-state index in [0.29, 0.717) is 12.2 Å². The first-order valence-electron chi connectivity index (χ1n) is 6.62. The van der Waals surface area contributed by atoms with Crippen LogP contribution in [0.4, 0.5) is 0 Å². The Labute approximate surface area is 112 Å². The number of fused-ring (bicyclic) bond motifs is 1. The predicted octanol–water partition coefficient (Wildman–Crippen LogP) is 4.42. The van der Waals surface area contributed by atoms with Crippen molar-refractivity contribution in [1.82, 2.24) is 0 Å². The third kappa shape index (κ3) is 3.25. The summed E-state index contributed by atoms with van der Waals surface area (Å²) in [7, 11) is 0. The second-order valence-electron chi connectivity index (χ2n) is 4.32. The Morgan fingerprint density at radius 1 is 1.32 bits per heavy atom. The molecule has 0 atom stereocenters. The third-order valence-corrected chi connectivity index (χ3v) is 2.79. The van der Waals surface area contributed by atoms with E-state index in [-0.39, 0.29) is 5.76 Å². The van der Waals surface area contributed by atoms with Crippen molar-refractivity contribution in [3.8, 4) is 0 Å². The number of unbranched alkanes of at least 4 members (excludes halogenated alkanes) is 1. The van der Waals surface area contributed by atoms with Crippen molar-refractivity contribution >= 4 is 23.0 Å². The molecule has 0 unspecified atom stereocenters. The minimum atomic E-state index is -0.415. The summed E-state index contributed by atoms with van der Waals surface area (Å²) >= 11 is 0. The summed E-state index contributed by atoms with van der Waals surface area (Å²) in [6.45, 7) is 4.27. The van der Waals surface area contributed by atoms with Crippen LogP contribution in [-0.4, -0.2) is 12.6 Å². The lowest BCUT2D eigenvalue weighted by atomic mass is 10.1. The molecule has 0 N–H and O–H groups in total. The van der Waals surface area contributed by atoms with Crippen molar-refractivity contribution in [2.24, 2.45) is 0 Å². The molecule has 0 radical (unpaired) electrons. The topological polar surface area (TPSA) is 39.4 Å². The van der Waals surface area contributed by atoms with Crippen LogP contribution in [0.3, 0.4) is 0 Å². The standard InChI is InChI=1S/C16H18O3/c1-3-5-6-7-12-8-9-13-11-15(16(17)18-4-2)19-14(13)10-12/h6-11H,3-5H2,1-2H3. The van der Waals surface area contributed by atoms with Crippen molar-refractivity contribution in [3.63, 3.8) is 0 Å². The number of esters is 1. The fourth-order valence-corrected chi connectivity index (χ4v) is 1.84. The van der Waals surface area contributed by atoms with Crippen LogP contribution in [0.1, 0.15) is 42.8 Å². The summed E-state index contributed by atoms with van der Waals surface area (Å²) in [6, 6.07) is 7.61. The molecule has 0 saturated carbocycles. The number of carbonyl (C=O) groups is 1. The molecule has 0 aliphatic carbocycles. The quantitative estimate of drug-likeness (QED) is 0.745. The molecular formula is C16H18O3. The summed E-state index contributed by atoms with van der Waals surface area (Å²) in [4.78, 5) is 11.6. The zero-order valence-electron chi connectivity index (χ0n) is 11.3. The van der Waals surface area contributed by atoms with E-state index in [1.807, 2.05) is 18.2 Å². The first-order chi connectivity index (χ1) is 9.24. The molecule has 2 rings (SSSR count). The Balaban J connectivity index is 2.25. The van der Waals surface area contributed by atoms with Crippen LogP contribution in [0.2, 0.25) is 0 Å². The number of allylic oxidation sites excluding steroid dienone is 1. The predicted molar refractivity (Wildman–Crippen MR) is 76.1 cm³/mol. The summed E-state index contributed by atoms with van der Waals surface area (Å²) in [5.41, 5.74) is 1.78. The minimum Gasteiger partial charge on any atom is -0.460 e. The van der Waals surface area contributed by atoms with Gasteiger partial charge in [0.05, 0.1) is 6.61 Å². The first kappa shape index (κ1) is 13.4. The Morgan fingerprint density at radius 3 is 2.89 bits per heavy atom. The van der Waals surface area contributed by atoms with E-state index in [1.54, 1.807) is 13.0 Å². The van der Waals surface area contributed by atoms with Gasteiger partial charge in [-0.15, -0.1) is 0 Å². The number of benzene rings is 1. The van der Waals surface area contributed by atoms with E-state index in [4.69, 9.17) is 9.15 Å². The van der Waals surface area contributed by atoms with E-state index in [1.165, 1.54) is 0 Å². The van der Waals surface area contributed by atoms with E-state index < -0.39 is 5.97 Å². The van der Waals surface area contributed by atoms with Crippen LogP contribution >= 0.6 is 0 Å². The lowest BCUT2D eigenvalue weighted by molar-refractivity contribution is 0.0492. The Hall–Kier alpha value is -2.03. The third-order valence-electron chi connectivity index (χ3n) is 2.79. The largest absolute Gasteiger partial charge is 0.460 e. The van der Waals surface area contributed by atoms with Gasteiger partial charge in [0.25, 0.3) is 0 Å². The monoisotopic (exact) mass is 258 g/mol. The molecule has 0 amide bonds. The fraction of sp³-hybridized carbons (Fsp3) is 0.312. The molecule has 2 aromatic rings. The molecule has 19 heavy (non-hydrogen) atoms. The van der Waals surface area contributed by atoms with Gasteiger partial charge in [-0.25, -0.2) is 4.79 Å². The van der Waals surface area contributed by atoms with Gasteiger partial charge in [0.1, 0.15) is 5.58 Å². The Bertz CT molecular complexity index is 593. The lowest BCUT2D eigenvalue weighted by Gasteiger charge is -1.95. The summed E-state index contributed by atoms with van der Waals surface area (Å²) < 4.78 is 10.4. The molecule has 1 heterocycles. The molecule has 0 aliphatic rings. The van der Waals surface area contributed by atoms with Crippen molar-refractivity contribution in [2.45, 2.75) is 26.7 Å². The SMILES string of the molecule is CCCC=Cc1ccc2cc(C(=O)OCC)oc2c1. The molecule has 0 fully saturated rings. The van der Waals surface area contributed by atoms with Crippen molar-refractivity contribution in [1.29, 1.82) is 0 Å². The summed E-state index contributed by atoms with van der Waals surface area (Å²) in [6.07, 6.45) is 6.39. The average Bonchev–Trinajstić information content (AvgIpc) is 2.82. The smallest absolute Gasteiger partial charge is 0.374 e. The van der Waals surface area contributed by atoms with E-state index in [2.05, 4.69) is 19.1 Å². The van der Waals surface area contributed by atoms with Crippen LogP contribution in [0.15, 0.2) is 34.8 Å². The lowest BCUT2D eigenvalue weighted by Crippen LogP contribution is -2.02. The molecule has 100 valence electrons. The van der Waals surface area contributed by atoms with Crippen LogP contribution < -0.4 is 0 Å². The molecule has 3 nitrogen and oxygen atoms in total. The van der Waals surface area contributed by atoms with Crippen LogP contribution in [0.5, 0.6) is 0 Å². The molecule has 0 spiro atoms. The van der Waals surface area contributed by atoms with Gasteiger partial charge in [-0.1, -0.05) is 37.6 Å². The highest BCUT2D eigenvalue weighted by atomic mass is 16.5. The number of ether oxygens (including phenoxy) is 1. The summed E-state index contributed by atoms with van der Waals surface area (Å²) in [5.74, 6) is -0.159. The zero-order valence-corrected chi connectivity index (χ0v) is 11.3. The van der Waals surface area contributed by atoms with Gasteiger partial charge in [-0.2, -0.15) is 0 Å². The minimum absolute atomic E-state index is 0.256. The second-order valence-corrected chi connectivity index (χ2v) is 4.32. The number of furan rings is 1. The Kier molecular flexibility index (Phi) is 4.39. The van der Waals surface area contributed by atoms with Gasteiger partial charge in [0.2, 0.25) is 5.76 Å². The molecule has 0 saturated heterocycles. The molecule has 1 aromatic carbocycles. The maximum atomic E-state index is 11.6. The van der Waals surface area contributed by atoms with Crippen molar-refractivity contribution in [3.05, 3.63) is 41.7 Å². The second kappa shape index (κ2) is 6.23. The Morgan fingerprint density at radius 2 is 2.16 bits per heavy atom. The van der Waals surface area contributed by atoms with Crippen LogP contribution in [0.25, 0.3) is 17.0 Å². The number of rotatable bonds is 5. The van der Waals surface area contributed by atoms with Crippen LogP contribution in [-0.2, 0) is 4.74 Å². The van der Waals surface area contributed by atoms with Gasteiger partial charge >= 0.3 is 5.97 Å². The van der Waals surface area contributed by atoms with E-state index >= 15 is 0 Å². The molecule has 0 bridgehead atoms. The van der Waals surface area contributed by atoms with Gasteiger partial charge in [-0.3, -0.25) is 0 Å². The van der Waals surface area contributed by atoms with Crippen molar-refractivity contribution < 1.29 is 13.9 Å². The van der Waals surface area contributed by atoms with Gasteiger partial charge < -0.3 is 9.15 Å². The number of carbonyl (C=O) groups excluding carboxylic acids is 1. The first-order valence-corrected chi connectivity index (χ1v) is 6.62. The van der Waals surface area contributed by atoms with Gasteiger partial charge in [-0.05, 0) is 31.0 Å². The van der Waals surface area contributed by atoms with Crippen molar-refractivity contribution in [2.75, 3.05) is 6.61 Å². The molecule has 1 aromatic heterocycles. The van der Waals surface area contributed by atoms with Gasteiger partial charge in [0, 0.05) is 5.39 Å². The van der Waals surface area contributed by atoms with E-state index in [9.17, 15) is 4.79 Å². The van der Waals surface area contributed by atoms with E-state index in [0.717, 1.165) is 23.8 Å².